The van der Waals surface area contributed by atoms with Gasteiger partial charge < -0.3 is 5.73 Å². The number of imidazole rings is 1. The van der Waals surface area contributed by atoms with E-state index in [1.807, 2.05) is 12.1 Å². The third kappa shape index (κ3) is 2.50. The molecule has 0 saturated heterocycles. The molecule has 0 amide bonds. The number of carbonyl (C=O) groups is 1. The first kappa shape index (κ1) is 15.9. The molecule has 4 rings (SSSR count). The molecule has 1 aromatic carbocycles. The lowest BCUT2D eigenvalue weighted by atomic mass is 10.0. The summed E-state index contributed by atoms with van der Waals surface area (Å²) < 4.78 is 15.5. The number of nitrogen functional groups attached to an aromatic ring is 1. The van der Waals surface area contributed by atoms with Crippen molar-refractivity contribution in [1.29, 1.82) is 0 Å². The fourth-order valence-electron chi connectivity index (χ4n) is 2.91. The lowest BCUT2D eigenvalue weighted by Crippen LogP contribution is -2.10. The molecule has 7 heteroatoms. The van der Waals surface area contributed by atoms with E-state index in [-0.39, 0.29) is 28.8 Å². The minimum Gasteiger partial charge on any atom is -0.382 e. The Labute approximate surface area is 148 Å². The fraction of sp³-hybridized carbons (Fsp3) is 0.0526. The van der Waals surface area contributed by atoms with Gasteiger partial charge in [-0.2, -0.15) is 0 Å². The first-order valence-electron chi connectivity index (χ1n) is 7.90. The number of benzene rings is 1. The van der Waals surface area contributed by atoms with Crippen molar-refractivity contribution in [3.63, 3.8) is 0 Å². The number of ketones is 1. The van der Waals surface area contributed by atoms with Crippen molar-refractivity contribution in [2.75, 3.05) is 5.73 Å². The van der Waals surface area contributed by atoms with Crippen molar-refractivity contribution in [2.45, 2.75) is 6.92 Å². The van der Waals surface area contributed by atoms with Crippen LogP contribution in [0.5, 0.6) is 0 Å². The molecule has 0 atom stereocenters. The van der Waals surface area contributed by atoms with Crippen LogP contribution in [0.15, 0.2) is 55.1 Å². The highest BCUT2D eigenvalue weighted by Crippen LogP contribution is 2.27. The number of aromatic nitrogens is 4. The van der Waals surface area contributed by atoms with Crippen LogP contribution < -0.4 is 5.73 Å². The Bertz CT molecular complexity index is 1140. The second-order valence-electron chi connectivity index (χ2n) is 5.83. The predicted molar refractivity (Wildman–Crippen MR) is 95.2 cm³/mol. The Morgan fingerprint density at radius 2 is 2.04 bits per heavy atom. The number of rotatable bonds is 3. The van der Waals surface area contributed by atoms with E-state index in [4.69, 9.17) is 5.73 Å². The standard InChI is InChI=1S/C19H14FN5O/c1-11-13(3-2-4-14(11)20)12-5-6-16-24-19(21)17(25(16)9-12)18(26)15-7-8-22-10-23-15/h2-10H,21H2,1H3. The maximum Gasteiger partial charge on any atom is 0.232 e. The van der Waals surface area contributed by atoms with E-state index in [9.17, 15) is 9.18 Å². The van der Waals surface area contributed by atoms with Crippen LogP contribution in [0, 0.1) is 12.7 Å². The number of hydrogen-bond donors (Lipinski definition) is 1. The summed E-state index contributed by atoms with van der Waals surface area (Å²) in [5.74, 6) is -0.530. The number of fused-ring (bicyclic) bond motifs is 1. The van der Waals surface area contributed by atoms with Gasteiger partial charge in [-0.15, -0.1) is 0 Å². The highest BCUT2D eigenvalue weighted by atomic mass is 19.1. The summed E-state index contributed by atoms with van der Waals surface area (Å²) in [5.41, 5.74) is 8.96. The average molecular weight is 347 g/mol. The maximum atomic E-state index is 13.9. The summed E-state index contributed by atoms with van der Waals surface area (Å²) in [6, 6.07) is 9.97. The number of hydrogen-bond acceptors (Lipinski definition) is 5. The summed E-state index contributed by atoms with van der Waals surface area (Å²) in [5, 5.41) is 0. The highest BCUT2D eigenvalue weighted by Gasteiger charge is 2.20. The van der Waals surface area contributed by atoms with Gasteiger partial charge in [0.2, 0.25) is 5.78 Å². The predicted octanol–water partition coefficient (Wildman–Crippen LogP) is 3.05. The summed E-state index contributed by atoms with van der Waals surface area (Å²) in [7, 11) is 0. The first-order chi connectivity index (χ1) is 12.6. The normalized spacial score (nSPS) is 11.0. The van der Waals surface area contributed by atoms with Crippen molar-refractivity contribution in [3.8, 4) is 11.1 Å². The fourth-order valence-corrected chi connectivity index (χ4v) is 2.91. The Morgan fingerprint density at radius 3 is 2.81 bits per heavy atom. The first-order valence-corrected chi connectivity index (χ1v) is 7.90. The van der Waals surface area contributed by atoms with Gasteiger partial charge in [-0.3, -0.25) is 9.20 Å². The Kier molecular flexibility index (Phi) is 3.69. The van der Waals surface area contributed by atoms with E-state index < -0.39 is 0 Å². The second kappa shape index (κ2) is 6.03. The molecule has 0 aliphatic carbocycles. The van der Waals surface area contributed by atoms with Gasteiger partial charge in [0.25, 0.3) is 0 Å². The summed E-state index contributed by atoms with van der Waals surface area (Å²) in [6.45, 7) is 1.71. The minimum atomic E-state index is -0.356. The Hall–Kier alpha value is -3.61. The number of carbonyl (C=O) groups excluding carboxylic acids is 1. The van der Waals surface area contributed by atoms with Gasteiger partial charge >= 0.3 is 0 Å². The average Bonchev–Trinajstić information content (AvgIpc) is 2.99. The molecule has 0 aliphatic heterocycles. The summed E-state index contributed by atoms with van der Waals surface area (Å²) in [4.78, 5) is 24.9. The highest BCUT2D eigenvalue weighted by molar-refractivity contribution is 6.10. The van der Waals surface area contributed by atoms with Gasteiger partial charge in [-0.05, 0) is 47.9 Å². The van der Waals surface area contributed by atoms with Crippen molar-refractivity contribution in [3.05, 3.63) is 77.9 Å². The number of halogens is 1. The second-order valence-corrected chi connectivity index (χ2v) is 5.83. The molecule has 0 radical (unpaired) electrons. The van der Waals surface area contributed by atoms with E-state index in [0.29, 0.717) is 11.2 Å². The third-order valence-electron chi connectivity index (χ3n) is 4.25. The summed E-state index contributed by atoms with van der Waals surface area (Å²) >= 11 is 0. The molecular formula is C19H14FN5O. The number of nitrogens with two attached hydrogens (primary N) is 1. The van der Waals surface area contributed by atoms with Crippen LogP contribution in [0.2, 0.25) is 0 Å². The molecule has 0 unspecified atom stereocenters. The van der Waals surface area contributed by atoms with Crippen LogP contribution in [-0.4, -0.2) is 25.1 Å². The van der Waals surface area contributed by atoms with Crippen molar-refractivity contribution in [2.24, 2.45) is 0 Å². The molecule has 2 N–H and O–H groups in total. The van der Waals surface area contributed by atoms with E-state index in [1.165, 1.54) is 24.7 Å². The quantitative estimate of drug-likeness (QED) is 0.576. The van der Waals surface area contributed by atoms with Gasteiger partial charge in [-0.25, -0.2) is 19.3 Å². The zero-order chi connectivity index (χ0) is 18.3. The molecule has 0 bridgehead atoms. The lowest BCUT2D eigenvalue weighted by Gasteiger charge is -2.08. The number of nitrogens with zero attached hydrogens (tertiary/aromatic N) is 4. The topological polar surface area (TPSA) is 86.2 Å². The molecule has 0 saturated carbocycles. The van der Waals surface area contributed by atoms with Crippen LogP contribution in [0.4, 0.5) is 10.2 Å². The molecule has 3 heterocycles. The van der Waals surface area contributed by atoms with Gasteiger partial charge in [0, 0.05) is 12.4 Å². The molecule has 3 aromatic heterocycles. The van der Waals surface area contributed by atoms with E-state index in [2.05, 4.69) is 15.0 Å². The van der Waals surface area contributed by atoms with E-state index in [0.717, 1.165) is 11.1 Å². The molecule has 0 aliphatic rings. The zero-order valence-electron chi connectivity index (χ0n) is 13.8. The molecule has 4 aromatic rings. The van der Waals surface area contributed by atoms with Crippen LogP contribution in [0.25, 0.3) is 16.8 Å². The SMILES string of the molecule is Cc1c(F)cccc1-c1ccc2nc(N)c(C(=O)c3ccncn3)n2c1. The maximum absolute atomic E-state index is 13.9. The van der Waals surface area contributed by atoms with Crippen molar-refractivity contribution >= 4 is 17.2 Å². The lowest BCUT2D eigenvalue weighted by molar-refractivity contribution is 0.102. The smallest absolute Gasteiger partial charge is 0.232 e. The molecule has 26 heavy (non-hydrogen) atoms. The summed E-state index contributed by atoms with van der Waals surface area (Å²) in [6.07, 6.45) is 4.52. The third-order valence-corrected chi connectivity index (χ3v) is 4.25. The van der Waals surface area contributed by atoms with E-state index >= 15 is 0 Å². The number of anilines is 1. The van der Waals surface area contributed by atoms with Crippen molar-refractivity contribution in [1.82, 2.24) is 19.4 Å². The molecule has 128 valence electrons. The van der Waals surface area contributed by atoms with Crippen LogP contribution in [-0.2, 0) is 0 Å². The molecule has 0 spiro atoms. The van der Waals surface area contributed by atoms with Gasteiger partial charge in [0.05, 0.1) is 0 Å². The van der Waals surface area contributed by atoms with Crippen LogP contribution >= 0.6 is 0 Å². The van der Waals surface area contributed by atoms with Gasteiger partial charge in [0.1, 0.15) is 29.2 Å². The van der Waals surface area contributed by atoms with Gasteiger partial charge in [-0.1, -0.05) is 12.1 Å². The molecule has 0 fully saturated rings. The molecular weight excluding hydrogens is 333 g/mol. The molecule has 6 nitrogen and oxygen atoms in total. The Morgan fingerprint density at radius 1 is 1.19 bits per heavy atom. The largest absolute Gasteiger partial charge is 0.382 e. The minimum absolute atomic E-state index is 0.113. The monoisotopic (exact) mass is 347 g/mol. The van der Waals surface area contributed by atoms with Crippen molar-refractivity contribution < 1.29 is 9.18 Å². The van der Waals surface area contributed by atoms with Crippen LogP contribution in [0.1, 0.15) is 21.7 Å². The Balaban J connectivity index is 1.91. The number of pyridine rings is 1. The van der Waals surface area contributed by atoms with E-state index in [1.54, 1.807) is 29.7 Å². The van der Waals surface area contributed by atoms with Gasteiger partial charge in [0.15, 0.2) is 5.82 Å². The zero-order valence-corrected chi connectivity index (χ0v) is 13.8. The van der Waals surface area contributed by atoms with Crippen LogP contribution in [0.3, 0.4) is 0 Å².